The largest absolute Gasteiger partial charge is 0.490 e. The summed E-state index contributed by atoms with van der Waals surface area (Å²) in [6.45, 7) is 1.92. The highest BCUT2D eigenvalue weighted by molar-refractivity contribution is 7.11. The number of halogens is 3. The van der Waals surface area contributed by atoms with Crippen molar-refractivity contribution in [2.24, 2.45) is 0 Å². The molecule has 0 bridgehead atoms. The van der Waals surface area contributed by atoms with Crippen LogP contribution in [-0.4, -0.2) is 41.4 Å². The molecule has 2 rings (SSSR count). The molecular weight excluding hydrogens is 261 g/mol. The first-order valence-corrected chi connectivity index (χ1v) is 5.34. The van der Waals surface area contributed by atoms with Gasteiger partial charge in [0.05, 0.1) is 0 Å². The van der Waals surface area contributed by atoms with Crippen molar-refractivity contribution in [1.29, 1.82) is 0 Å². The van der Waals surface area contributed by atoms with E-state index in [1.54, 1.807) is 6.20 Å². The summed E-state index contributed by atoms with van der Waals surface area (Å²) in [5.74, 6) is -2.76. The standard InChI is InChI=1S/C6H8N2OS.C2HF3O2/c1-2-10-6(8-1)9-5-3-7-4-5;3-2(4,5)1(6)7/h1-2,5,7H,3-4H2;(H,6,7). The number of nitrogens with one attached hydrogen (secondary N) is 1. The summed E-state index contributed by atoms with van der Waals surface area (Å²) < 4.78 is 37.2. The molecule has 5 nitrogen and oxygen atoms in total. The van der Waals surface area contributed by atoms with Gasteiger partial charge in [-0.25, -0.2) is 9.78 Å². The Kier molecular flexibility index (Phi) is 4.70. The Labute approximate surface area is 98.2 Å². The average Bonchev–Trinajstić information content (AvgIpc) is 2.63. The number of carbonyl (C=O) groups is 1. The number of rotatable bonds is 2. The molecule has 0 aromatic carbocycles. The van der Waals surface area contributed by atoms with Crippen molar-refractivity contribution in [3.63, 3.8) is 0 Å². The predicted molar refractivity (Wildman–Crippen MR) is 53.1 cm³/mol. The Morgan fingerprint density at radius 2 is 2.18 bits per heavy atom. The van der Waals surface area contributed by atoms with E-state index in [2.05, 4.69) is 10.3 Å². The maximum Gasteiger partial charge on any atom is 0.490 e. The number of aliphatic carboxylic acids is 1. The number of hydrogen-bond acceptors (Lipinski definition) is 5. The predicted octanol–water partition coefficient (Wildman–Crippen LogP) is 1.13. The van der Waals surface area contributed by atoms with Crippen LogP contribution in [0.15, 0.2) is 11.6 Å². The summed E-state index contributed by atoms with van der Waals surface area (Å²) in [7, 11) is 0. The summed E-state index contributed by atoms with van der Waals surface area (Å²) >= 11 is 1.54. The van der Waals surface area contributed by atoms with E-state index in [1.165, 1.54) is 11.3 Å². The average molecular weight is 270 g/mol. The van der Waals surface area contributed by atoms with Gasteiger partial charge >= 0.3 is 12.1 Å². The molecule has 9 heteroatoms. The number of alkyl halides is 3. The van der Waals surface area contributed by atoms with Crippen LogP contribution < -0.4 is 10.1 Å². The third-order valence-corrected chi connectivity index (χ3v) is 2.32. The molecule has 0 amide bonds. The first-order chi connectivity index (χ1) is 7.89. The lowest BCUT2D eigenvalue weighted by atomic mass is 10.2. The second kappa shape index (κ2) is 5.82. The lowest BCUT2D eigenvalue weighted by molar-refractivity contribution is -0.192. The van der Waals surface area contributed by atoms with E-state index in [1.807, 2.05) is 5.38 Å². The van der Waals surface area contributed by atoms with Gasteiger partial charge in [-0.15, -0.1) is 0 Å². The highest BCUT2D eigenvalue weighted by Crippen LogP contribution is 2.16. The van der Waals surface area contributed by atoms with Crippen molar-refractivity contribution in [2.45, 2.75) is 12.3 Å². The molecule has 1 saturated heterocycles. The van der Waals surface area contributed by atoms with Gasteiger partial charge in [0.25, 0.3) is 5.19 Å². The van der Waals surface area contributed by atoms with E-state index in [-0.39, 0.29) is 0 Å². The lowest BCUT2D eigenvalue weighted by Crippen LogP contribution is -2.50. The fourth-order valence-electron chi connectivity index (χ4n) is 0.757. The monoisotopic (exact) mass is 270 g/mol. The number of ether oxygens (including phenoxy) is 1. The van der Waals surface area contributed by atoms with E-state index >= 15 is 0 Å². The van der Waals surface area contributed by atoms with Gasteiger partial charge in [0.1, 0.15) is 6.10 Å². The fraction of sp³-hybridized carbons (Fsp3) is 0.500. The Morgan fingerprint density at radius 3 is 2.47 bits per heavy atom. The van der Waals surface area contributed by atoms with E-state index in [9.17, 15) is 13.2 Å². The molecule has 2 heterocycles. The Morgan fingerprint density at radius 1 is 1.59 bits per heavy atom. The smallest absolute Gasteiger partial charge is 0.475 e. The number of thiazole rings is 1. The normalized spacial score (nSPS) is 15.5. The van der Waals surface area contributed by atoms with Crippen LogP contribution in [0, 0.1) is 0 Å². The van der Waals surface area contributed by atoms with E-state index in [4.69, 9.17) is 14.6 Å². The molecule has 0 unspecified atom stereocenters. The second-order valence-electron chi connectivity index (χ2n) is 3.00. The summed E-state index contributed by atoms with van der Waals surface area (Å²) in [5, 5.41) is 13.0. The third-order valence-electron chi connectivity index (χ3n) is 1.66. The first-order valence-electron chi connectivity index (χ1n) is 4.46. The minimum absolute atomic E-state index is 0.353. The van der Waals surface area contributed by atoms with Crippen molar-refractivity contribution in [3.8, 4) is 5.19 Å². The van der Waals surface area contributed by atoms with Gasteiger partial charge < -0.3 is 15.2 Å². The molecule has 0 aliphatic carbocycles. The number of aromatic nitrogens is 1. The number of nitrogens with zero attached hydrogens (tertiary/aromatic N) is 1. The van der Waals surface area contributed by atoms with Crippen LogP contribution in [0.3, 0.4) is 0 Å². The molecule has 1 aliphatic rings. The quantitative estimate of drug-likeness (QED) is 0.842. The highest BCUT2D eigenvalue weighted by atomic mass is 32.1. The summed E-state index contributed by atoms with van der Waals surface area (Å²) in [5.41, 5.74) is 0. The van der Waals surface area contributed by atoms with Gasteiger partial charge in [-0.2, -0.15) is 13.2 Å². The van der Waals surface area contributed by atoms with E-state index in [0.717, 1.165) is 18.3 Å². The maximum absolute atomic E-state index is 10.6. The summed E-state index contributed by atoms with van der Waals surface area (Å²) in [4.78, 5) is 12.9. The summed E-state index contributed by atoms with van der Waals surface area (Å²) in [6.07, 6.45) is -2.97. The number of hydrogen-bond donors (Lipinski definition) is 2. The Bertz CT molecular complexity index is 351. The minimum Gasteiger partial charge on any atom is -0.475 e. The van der Waals surface area contributed by atoms with Gasteiger partial charge in [0, 0.05) is 24.7 Å². The topological polar surface area (TPSA) is 71.5 Å². The molecule has 0 atom stereocenters. The Hall–Kier alpha value is -1.35. The molecule has 1 aromatic rings. The van der Waals surface area contributed by atoms with Crippen molar-refractivity contribution >= 4 is 17.3 Å². The molecule has 17 heavy (non-hydrogen) atoms. The molecule has 96 valence electrons. The van der Waals surface area contributed by atoms with Crippen molar-refractivity contribution in [3.05, 3.63) is 11.6 Å². The first kappa shape index (κ1) is 13.7. The molecule has 0 saturated carbocycles. The third kappa shape index (κ3) is 5.00. The molecule has 0 radical (unpaired) electrons. The number of carboxylic acid groups (broad SMARTS) is 1. The number of carboxylic acids is 1. The van der Waals surface area contributed by atoms with Crippen LogP contribution in [0.2, 0.25) is 0 Å². The van der Waals surface area contributed by atoms with Gasteiger partial charge in [-0.1, -0.05) is 11.3 Å². The SMILES string of the molecule is O=C(O)C(F)(F)F.c1csc(OC2CNC2)n1. The molecule has 0 spiro atoms. The van der Waals surface area contributed by atoms with Crippen LogP contribution in [0.4, 0.5) is 13.2 Å². The zero-order valence-corrected chi connectivity index (χ0v) is 9.22. The molecule has 1 aromatic heterocycles. The Balaban J connectivity index is 0.000000185. The van der Waals surface area contributed by atoms with E-state index < -0.39 is 12.1 Å². The summed E-state index contributed by atoms with van der Waals surface area (Å²) in [6, 6.07) is 0. The molecular formula is C8H9F3N2O3S. The molecule has 1 aliphatic heterocycles. The van der Waals surface area contributed by atoms with Crippen molar-refractivity contribution in [1.82, 2.24) is 10.3 Å². The second-order valence-corrected chi connectivity index (χ2v) is 3.86. The van der Waals surface area contributed by atoms with Gasteiger partial charge in [-0.05, 0) is 0 Å². The maximum atomic E-state index is 10.6. The van der Waals surface area contributed by atoms with Crippen LogP contribution in [0.25, 0.3) is 0 Å². The van der Waals surface area contributed by atoms with Gasteiger partial charge in [0.2, 0.25) is 0 Å². The fourth-order valence-corrected chi connectivity index (χ4v) is 1.31. The zero-order valence-electron chi connectivity index (χ0n) is 8.40. The van der Waals surface area contributed by atoms with Crippen LogP contribution in [0.5, 0.6) is 5.19 Å². The van der Waals surface area contributed by atoms with Crippen LogP contribution in [-0.2, 0) is 4.79 Å². The van der Waals surface area contributed by atoms with Crippen molar-refractivity contribution in [2.75, 3.05) is 13.1 Å². The van der Waals surface area contributed by atoms with Crippen LogP contribution >= 0.6 is 11.3 Å². The lowest BCUT2D eigenvalue weighted by Gasteiger charge is -2.26. The van der Waals surface area contributed by atoms with E-state index in [0.29, 0.717) is 6.10 Å². The molecule has 1 fully saturated rings. The molecule has 2 N–H and O–H groups in total. The minimum atomic E-state index is -5.08. The van der Waals surface area contributed by atoms with Gasteiger partial charge in [0.15, 0.2) is 0 Å². The van der Waals surface area contributed by atoms with Crippen molar-refractivity contribution < 1.29 is 27.8 Å². The van der Waals surface area contributed by atoms with Crippen LogP contribution in [0.1, 0.15) is 0 Å². The highest BCUT2D eigenvalue weighted by Gasteiger charge is 2.38. The van der Waals surface area contributed by atoms with Gasteiger partial charge in [-0.3, -0.25) is 0 Å². The zero-order chi connectivity index (χ0) is 12.9.